The van der Waals surface area contributed by atoms with Crippen molar-refractivity contribution in [2.24, 2.45) is 7.05 Å². The lowest BCUT2D eigenvalue weighted by Gasteiger charge is -2.08. The Bertz CT molecular complexity index is 935. The number of aromatic nitrogens is 2. The summed E-state index contributed by atoms with van der Waals surface area (Å²) in [5.41, 5.74) is 3.51. The van der Waals surface area contributed by atoms with E-state index in [4.69, 9.17) is 23.2 Å². The molecule has 0 saturated carbocycles. The molecule has 3 rings (SSSR count). The molecule has 114 valence electrons. The van der Waals surface area contributed by atoms with Crippen molar-refractivity contribution in [2.45, 2.75) is 6.92 Å². The van der Waals surface area contributed by atoms with Crippen LogP contribution in [0.25, 0.3) is 21.3 Å². The second kappa shape index (κ2) is 5.95. The van der Waals surface area contributed by atoms with Gasteiger partial charge in [-0.3, -0.25) is 13.3 Å². The highest BCUT2D eigenvalue weighted by Crippen LogP contribution is 2.28. The van der Waals surface area contributed by atoms with Crippen LogP contribution in [0.3, 0.4) is 0 Å². The lowest BCUT2D eigenvalue weighted by molar-refractivity contribution is 0.0949. The normalized spacial score (nSPS) is 11.1. The molecule has 0 saturated heterocycles. The van der Waals surface area contributed by atoms with Gasteiger partial charge < -0.3 is 0 Å². The number of alkyl halides is 1. The molecule has 0 fully saturated rings. The Hall–Kier alpha value is -1.49. The maximum atomic E-state index is 12.5. The molecule has 2 aromatic carbocycles. The van der Waals surface area contributed by atoms with E-state index >= 15 is 0 Å². The Labute approximate surface area is 142 Å². The minimum absolute atomic E-state index is 0.0896. The van der Waals surface area contributed by atoms with Crippen molar-refractivity contribution in [1.29, 1.82) is 0 Å². The van der Waals surface area contributed by atoms with Crippen molar-refractivity contribution in [3.63, 3.8) is 0 Å². The summed E-state index contributed by atoms with van der Waals surface area (Å²) in [7, 11) is 1.98. The van der Waals surface area contributed by atoms with E-state index in [2.05, 4.69) is 0 Å². The molecule has 0 amide bonds. The molecule has 0 bridgehead atoms. The van der Waals surface area contributed by atoms with Gasteiger partial charge in [0.1, 0.15) is 5.88 Å². The Morgan fingerprint density at radius 2 is 1.86 bits per heavy atom. The Morgan fingerprint density at radius 1 is 1.18 bits per heavy atom. The first-order valence-electron chi connectivity index (χ1n) is 6.72. The summed E-state index contributed by atoms with van der Waals surface area (Å²) in [6, 6.07) is 11.6. The highest BCUT2D eigenvalue weighted by atomic mass is 35.5. The predicted molar refractivity (Wildman–Crippen MR) is 95.0 cm³/mol. The van der Waals surface area contributed by atoms with Gasteiger partial charge in [0.25, 0.3) is 0 Å². The van der Waals surface area contributed by atoms with Crippen LogP contribution >= 0.6 is 34.7 Å². The molecule has 3 aromatic rings. The number of rotatable bonds is 1. The van der Waals surface area contributed by atoms with Crippen molar-refractivity contribution < 1.29 is 4.79 Å². The van der Waals surface area contributed by atoms with Gasteiger partial charge in [0.05, 0.1) is 21.3 Å². The third-order valence-corrected chi connectivity index (χ3v) is 5.17. The summed E-state index contributed by atoms with van der Waals surface area (Å²) in [5.74, 6) is -0.264. The van der Waals surface area contributed by atoms with Crippen LogP contribution in [0.2, 0.25) is 5.02 Å². The van der Waals surface area contributed by atoms with Gasteiger partial charge in [-0.1, -0.05) is 35.3 Å². The van der Waals surface area contributed by atoms with E-state index in [1.165, 1.54) is 0 Å². The minimum Gasteiger partial charge on any atom is -0.298 e. The summed E-state index contributed by atoms with van der Waals surface area (Å²) in [5, 5.41) is 0.633. The third kappa shape index (κ3) is 2.51. The maximum Gasteiger partial charge on any atom is 0.246 e. The largest absolute Gasteiger partial charge is 0.298 e. The van der Waals surface area contributed by atoms with Gasteiger partial charge in [-0.15, -0.1) is 11.6 Å². The molecule has 0 aliphatic carbocycles. The molecule has 0 spiro atoms. The molecule has 0 unspecified atom stereocenters. The van der Waals surface area contributed by atoms with Crippen LogP contribution in [-0.4, -0.2) is 20.3 Å². The fourth-order valence-electron chi connectivity index (χ4n) is 2.47. The van der Waals surface area contributed by atoms with Crippen molar-refractivity contribution in [1.82, 2.24) is 8.52 Å². The number of para-hydroxylation sites is 2. The van der Waals surface area contributed by atoms with Crippen LogP contribution in [0.4, 0.5) is 0 Å². The first-order chi connectivity index (χ1) is 10.5. The topological polar surface area (TPSA) is 26.9 Å². The van der Waals surface area contributed by atoms with Gasteiger partial charge >= 0.3 is 0 Å². The van der Waals surface area contributed by atoms with E-state index in [0.29, 0.717) is 5.02 Å². The van der Waals surface area contributed by atoms with Gasteiger partial charge in [0, 0.05) is 12.1 Å². The summed E-state index contributed by atoms with van der Waals surface area (Å²) < 4.78 is 4.67. The summed E-state index contributed by atoms with van der Waals surface area (Å²) in [6.45, 7) is 1.95. The zero-order valence-corrected chi connectivity index (χ0v) is 14.5. The highest BCUT2D eigenvalue weighted by molar-refractivity contribution is 7.13. The molecule has 22 heavy (non-hydrogen) atoms. The summed E-state index contributed by atoms with van der Waals surface area (Å²) in [4.78, 5) is 12.5. The van der Waals surface area contributed by atoms with E-state index in [1.807, 2.05) is 54.3 Å². The molecule has 0 N–H and O–H groups in total. The Balaban J connectivity index is 2.66. The first kappa shape index (κ1) is 15.4. The number of carbonyl (C=O) groups is 1. The van der Waals surface area contributed by atoms with Crippen LogP contribution in [0.1, 0.15) is 10.4 Å². The second-order valence-electron chi connectivity index (χ2n) is 5.01. The molecule has 3 nitrogen and oxygen atoms in total. The number of benzene rings is 2. The third-order valence-electron chi connectivity index (χ3n) is 3.54. The van der Waals surface area contributed by atoms with E-state index in [1.54, 1.807) is 16.1 Å². The number of nitrogens with zero attached hydrogens (tertiary/aromatic N) is 2. The standard InChI is InChI=1S/C16H14Cl2N2OS/c1-10-7-15-14(8-11(10)18)20(16(21)9-17)13-6-4-3-5-12(13)19(2)22-15/h3-8H,9H2,1-2H3. The lowest BCUT2D eigenvalue weighted by atomic mass is 10.2. The number of halogens is 2. The van der Waals surface area contributed by atoms with Crippen molar-refractivity contribution >= 4 is 61.9 Å². The molecular formula is C16H14Cl2N2OS. The summed E-state index contributed by atoms with van der Waals surface area (Å²) >= 11 is 13.7. The number of aryl methyl sites for hydroxylation is 2. The number of carbonyl (C=O) groups excluding carboxylic acids is 1. The van der Waals surface area contributed by atoms with Gasteiger partial charge in [0.2, 0.25) is 5.91 Å². The van der Waals surface area contributed by atoms with Crippen LogP contribution < -0.4 is 0 Å². The summed E-state index contributed by atoms with van der Waals surface area (Å²) in [6.07, 6.45) is 0. The van der Waals surface area contributed by atoms with Crippen LogP contribution in [0.5, 0.6) is 0 Å². The average Bonchev–Trinajstić information content (AvgIpc) is 2.62. The molecule has 0 atom stereocenters. The van der Waals surface area contributed by atoms with Crippen LogP contribution in [0.15, 0.2) is 36.4 Å². The van der Waals surface area contributed by atoms with E-state index in [9.17, 15) is 4.79 Å². The zero-order valence-electron chi connectivity index (χ0n) is 12.1. The average molecular weight is 353 g/mol. The fourth-order valence-corrected chi connectivity index (χ4v) is 3.77. The Kier molecular flexibility index (Phi) is 4.17. The van der Waals surface area contributed by atoms with Crippen molar-refractivity contribution in [3.8, 4) is 0 Å². The molecular weight excluding hydrogens is 339 g/mol. The minimum atomic E-state index is -0.175. The molecule has 1 heterocycles. The van der Waals surface area contributed by atoms with E-state index in [0.717, 1.165) is 26.8 Å². The van der Waals surface area contributed by atoms with Gasteiger partial charge in [0.15, 0.2) is 0 Å². The van der Waals surface area contributed by atoms with Gasteiger partial charge in [-0.25, -0.2) is 0 Å². The van der Waals surface area contributed by atoms with Crippen molar-refractivity contribution in [3.05, 3.63) is 47.0 Å². The fraction of sp³-hybridized carbons (Fsp3) is 0.188. The molecule has 0 aliphatic rings. The van der Waals surface area contributed by atoms with Crippen LogP contribution in [-0.2, 0) is 7.05 Å². The maximum absolute atomic E-state index is 12.5. The zero-order chi connectivity index (χ0) is 15.9. The first-order valence-corrected chi connectivity index (χ1v) is 8.41. The quantitative estimate of drug-likeness (QED) is 0.555. The van der Waals surface area contributed by atoms with Crippen LogP contribution in [0, 0.1) is 6.92 Å². The number of fused-ring (bicyclic) bond motifs is 2. The Morgan fingerprint density at radius 3 is 2.55 bits per heavy atom. The monoisotopic (exact) mass is 352 g/mol. The van der Waals surface area contributed by atoms with Gasteiger partial charge in [-0.2, -0.15) is 0 Å². The SMILES string of the molecule is Cc1cc2sn(C)c3ccccc3n(C(=O)CCl)c2cc1Cl. The molecule has 0 aliphatic heterocycles. The van der Waals surface area contributed by atoms with Crippen molar-refractivity contribution in [2.75, 3.05) is 5.88 Å². The second-order valence-corrected chi connectivity index (χ2v) is 6.85. The molecule has 0 radical (unpaired) electrons. The lowest BCUT2D eigenvalue weighted by Crippen LogP contribution is -2.13. The molecule has 1 aromatic heterocycles. The smallest absolute Gasteiger partial charge is 0.246 e. The number of hydrogen-bond acceptors (Lipinski definition) is 2. The number of hydrogen-bond donors (Lipinski definition) is 0. The molecule has 6 heteroatoms. The van der Waals surface area contributed by atoms with E-state index in [-0.39, 0.29) is 11.8 Å². The predicted octanol–water partition coefficient (Wildman–Crippen LogP) is 5.16. The van der Waals surface area contributed by atoms with Gasteiger partial charge in [-0.05, 0) is 36.8 Å². The van der Waals surface area contributed by atoms with E-state index < -0.39 is 0 Å². The highest BCUT2D eigenvalue weighted by Gasteiger charge is 2.13.